The Kier molecular flexibility index (Phi) is 4.97. The van der Waals surface area contributed by atoms with E-state index in [0.717, 1.165) is 0 Å². The predicted molar refractivity (Wildman–Crippen MR) is 86.8 cm³/mol. The minimum absolute atomic E-state index is 0.350. The molecule has 0 saturated carbocycles. The Hall–Kier alpha value is -1.60. The molecule has 106 valence electrons. The highest BCUT2D eigenvalue weighted by Crippen LogP contribution is 2.25. The summed E-state index contributed by atoms with van der Waals surface area (Å²) in [7, 11) is 0. The van der Waals surface area contributed by atoms with Crippen molar-refractivity contribution in [3.63, 3.8) is 0 Å². The first kappa shape index (κ1) is 14.8. The molecule has 0 aliphatic rings. The van der Waals surface area contributed by atoms with E-state index in [2.05, 4.69) is 87.6 Å². The van der Waals surface area contributed by atoms with Crippen LogP contribution in [0, 0.1) is 12.8 Å². The Morgan fingerprint density at radius 2 is 1.35 bits per heavy atom. The maximum Gasteiger partial charge on any atom is 0.0348 e. The van der Waals surface area contributed by atoms with E-state index in [1.54, 1.807) is 0 Å². The number of hydrogen-bond donors (Lipinski definition) is 1. The molecule has 20 heavy (non-hydrogen) atoms. The summed E-state index contributed by atoms with van der Waals surface area (Å²) in [6, 6.07) is 20.2. The molecule has 2 aromatic carbocycles. The maximum absolute atomic E-state index is 3.77. The third-order valence-corrected chi connectivity index (χ3v) is 3.83. The van der Waals surface area contributed by atoms with E-state index in [4.69, 9.17) is 0 Å². The summed E-state index contributed by atoms with van der Waals surface area (Å²) >= 11 is 0. The summed E-state index contributed by atoms with van der Waals surface area (Å²) in [6.45, 7) is 8.91. The molecule has 0 fully saturated rings. The first-order chi connectivity index (χ1) is 9.58. The highest BCUT2D eigenvalue weighted by molar-refractivity contribution is 5.25. The number of hydrogen-bond acceptors (Lipinski definition) is 1. The molecular formula is C19H25N. The highest BCUT2D eigenvalue weighted by atomic mass is 14.9. The Morgan fingerprint density at radius 3 is 1.90 bits per heavy atom. The van der Waals surface area contributed by atoms with Crippen LogP contribution < -0.4 is 5.32 Å². The first-order valence-electron chi connectivity index (χ1n) is 7.45. The van der Waals surface area contributed by atoms with Crippen LogP contribution in [0.3, 0.4) is 0 Å². The molecule has 0 aliphatic heterocycles. The fraction of sp³-hybridized carbons (Fsp3) is 0.368. The average molecular weight is 267 g/mol. The minimum atomic E-state index is 0.350. The minimum Gasteiger partial charge on any atom is -0.303 e. The molecule has 0 aliphatic carbocycles. The Balaban J connectivity index is 2.14. The molecule has 2 atom stereocenters. The van der Waals surface area contributed by atoms with Crippen LogP contribution in [0.2, 0.25) is 0 Å². The van der Waals surface area contributed by atoms with Crippen LogP contribution >= 0.6 is 0 Å². The van der Waals surface area contributed by atoms with Crippen molar-refractivity contribution in [3.8, 4) is 0 Å². The summed E-state index contributed by atoms with van der Waals surface area (Å²) in [4.78, 5) is 0. The summed E-state index contributed by atoms with van der Waals surface area (Å²) in [5.74, 6) is 0.560. The van der Waals surface area contributed by atoms with Gasteiger partial charge in [0.15, 0.2) is 0 Å². The Bertz CT molecular complexity index is 513. The second kappa shape index (κ2) is 6.71. The fourth-order valence-corrected chi connectivity index (χ4v) is 2.55. The molecule has 2 aromatic rings. The molecule has 0 heterocycles. The lowest BCUT2D eigenvalue weighted by Gasteiger charge is -2.27. The van der Waals surface area contributed by atoms with Crippen molar-refractivity contribution in [1.82, 2.24) is 5.32 Å². The van der Waals surface area contributed by atoms with Gasteiger partial charge in [-0.1, -0.05) is 74.0 Å². The van der Waals surface area contributed by atoms with Crippen molar-refractivity contribution in [2.75, 3.05) is 0 Å². The SMILES string of the molecule is Cc1ccc([C@H](C)NC(c2ccccc2)C(C)C)cc1. The third-order valence-electron chi connectivity index (χ3n) is 3.83. The Morgan fingerprint density at radius 1 is 0.750 bits per heavy atom. The van der Waals surface area contributed by atoms with Crippen LogP contribution in [0.5, 0.6) is 0 Å². The molecule has 0 spiro atoms. The zero-order valence-electron chi connectivity index (χ0n) is 12.9. The van der Waals surface area contributed by atoms with Gasteiger partial charge in [0.25, 0.3) is 0 Å². The van der Waals surface area contributed by atoms with Gasteiger partial charge in [0.1, 0.15) is 0 Å². The molecule has 2 rings (SSSR count). The van der Waals surface area contributed by atoms with Crippen molar-refractivity contribution in [2.24, 2.45) is 5.92 Å². The van der Waals surface area contributed by atoms with E-state index >= 15 is 0 Å². The summed E-state index contributed by atoms with van der Waals surface area (Å²) < 4.78 is 0. The number of aryl methyl sites for hydroxylation is 1. The lowest BCUT2D eigenvalue weighted by atomic mass is 9.94. The zero-order valence-corrected chi connectivity index (χ0v) is 12.9. The van der Waals surface area contributed by atoms with Gasteiger partial charge in [0, 0.05) is 12.1 Å². The molecule has 0 aromatic heterocycles. The van der Waals surface area contributed by atoms with Crippen LogP contribution in [0.4, 0.5) is 0 Å². The van der Waals surface area contributed by atoms with E-state index in [1.165, 1.54) is 16.7 Å². The first-order valence-corrected chi connectivity index (χ1v) is 7.45. The van der Waals surface area contributed by atoms with E-state index in [9.17, 15) is 0 Å². The van der Waals surface area contributed by atoms with Crippen LogP contribution in [0.1, 0.15) is 49.5 Å². The summed E-state index contributed by atoms with van der Waals surface area (Å²) in [6.07, 6.45) is 0. The van der Waals surface area contributed by atoms with E-state index in [0.29, 0.717) is 18.0 Å². The molecule has 1 heteroatoms. The lowest BCUT2D eigenvalue weighted by molar-refractivity contribution is 0.374. The van der Waals surface area contributed by atoms with Gasteiger partial charge in [-0.3, -0.25) is 0 Å². The topological polar surface area (TPSA) is 12.0 Å². The number of rotatable bonds is 5. The van der Waals surface area contributed by atoms with Gasteiger partial charge in [-0.05, 0) is 30.9 Å². The lowest BCUT2D eigenvalue weighted by Crippen LogP contribution is -2.28. The van der Waals surface area contributed by atoms with Crippen molar-refractivity contribution in [2.45, 2.75) is 39.8 Å². The highest BCUT2D eigenvalue weighted by Gasteiger charge is 2.18. The summed E-state index contributed by atoms with van der Waals surface area (Å²) in [5, 5.41) is 3.77. The fourth-order valence-electron chi connectivity index (χ4n) is 2.55. The number of nitrogens with one attached hydrogen (secondary N) is 1. The monoisotopic (exact) mass is 267 g/mol. The number of benzene rings is 2. The van der Waals surface area contributed by atoms with E-state index < -0.39 is 0 Å². The van der Waals surface area contributed by atoms with Crippen molar-refractivity contribution in [3.05, 3.63) is 71.3 Å². The molecule has 0 amide bonds. The zero-order chi connectivity index (χ0) is 14.5. The smallest absolute Gasteiger partial charge is 0.0348 e. The second-order valence-corrected chi connectivity index (χ2v) is 5.93. The largest absolute Gasteiger partial charge is 0.303 e. The standard InChI is InChI=1S/C19H25N/c1-14(2)19(18-8-6-5-7-9-18)20-16(4)17-12-10-15(3)11-13-17/h5-14,16,19-20H,1-4H3/t16-,19?/m0/s1. The van der Waals surface area contributed by atoms with Gasteiger partial charge in [-0.2, -0.15) is 0 Å². The summed E-state index contributed by atoms with van der Waals surface area (Å²) in [5.41, 5.74) is 4.02. The molecule has 0 saturated heterocycles. The quantitative estimate of drug-likeness (QED) is 0.800. The Labute approximate surface area is 123 Å². The van der Waals surface area contributed by atoms with Crippen molar-refractivity contribution < 1.29 is 0 Å². The second-order valence-electron chi connectivity index (χ2n) is 5.93. The molecule has 0 radical (unpaired) electrons. The molecule has 0 bridgehead atoms. The van der Waals surface area contributed by atoms with Crippen LogP contribution in [0.15, 0.2) is 54.6 Å². The normalized spacial score (nSPS) is 14.2. The van der Waals surface area contributed by atoms with Crippen LogP contribution in [-0.2, 0) is 0 Å². The average Bonchev–Trinajstić information content (AvgIpc) is 2.46. The molecule has 1 nitrogen and oxygen atoms in total. The molecule has 1 unspecified atom stereocenters. The van der Waals surface area contributed by atoms with E-state index in [1.807, 2.05) is 0 Å². The van der Waals surface area contributed by atoms with Gasteiger partial charge in [-0.25, -0.2) is 0 Å². The van der Waals surface area contributed by atoms with E-state index in [-0.39, 0.29) is 0 Å². The van der Waals surface area contributed by atoms with Gasteiger partial charge in [0.2, 0.25) is 0 Å². The maximum atomic E-state index is 3.77. The van der Waals surface area contributed by atoms with Crippen LogP contribution in [-0.4, -0.2) is 0 Å². The predicted octanol–water partition coefficient (Wildman–Crippen LogP) is 5.04. The van der Waals surface area contributed by atoms with Gasteiger partial charge in [0.05, 0.1) is 0 Å². The molecule has 1 N–H and O–H groups in total. The van der Waals surface area contributed by atoms with Crippen LogP contribution in [0.25, 0.3) is 0 Å². The van der Waals surface area contributed by atoms with Gasteiger partial charge >= 0.3 is 0 Å². The van der Waals surface area contributed by atoms with Crippen molar-refractivity contribution in [1.29, 1.82) is 0 Å². The molecular weight excluding hydrogens is 242 g/mol. The third kappa shape index (κ3) is 3.71. The van der Waals surface area contributed by atoms with Gasteiger partial charge in [-0.15, -0.1) is 0 Å². The van der Waals surface area contributed by atoms with Crippen molar-refractivity contribution >= 4 is 0 Å². The van der Waals surface area contributed by atoms with Gasteiger partial charge < -0.3 is 5.32 Å².